The summed E-state index contributed by atoms with van der Waals surface area (Å²) in [5.41, 5.74) is 0. The molecule has 1 aromatic rings. The predicted octanol–water partition coefficient (Wildman–Crippen LogP) is 1.77. The number of carboxylic acid groups (broad SMARTS) is 1. The Hall–Kier alpha value is -1.74. The molecular formula is C13H15F2NO5S. The van der Waals surface area contributed by atoms with Crippen LogP contribution < -0.4 is 4.74 Å². The number of hydrogen-bond acceptors (Lipinski definition) is 4. The van der Waals surface area contributed by atoms with Crippen molar-refractivity contribution in [1.29, 1.82) is 0 Å². The number of nitrogens with zero attached hydrogens (tertiary/aromatic N) is 1. The van der Waals surface area contributed by atoms with Gasteiger partial charge in [0, 0.05) is 13.1 Å². The van der Waals surface area contributed by atoms with Crippen LogP contribution in [0.2, 0.25) is 0 Å². The van der Waals surface area contributed by atoms with E-state index in [0.717, 1.165) is 16.4 Å². The SMILES string of the molecule is O=C(O)C1CCCN(S(=O)(=O)c2ccccc2OC(F)F)C1. The van der Waals surface area contributed by atoms with Crippen molar-refractivity contribution in [2.45, 2.75) is 24.3 Å². The molecule has 0 radical (unpaired) electrons. The molecule has 0 aliphatic carbocycles. The van der Waals surface area contributed by atoms with Crippen LogP contribution in [0.4, 0.5) is 8.78 Å². The lowest BCUT2D eigenvalue weighted by atomic mass is 10.0. The van der Waals surface area contributed by atoms with E-state index in [-0.39, 0.29) is 18.0 Å². The van der Waals surface area contributed by atoms with Gasteiger partial charge in [-0.05, 0) is 25.0 Å². The van der Waals surface area contributed by atoms with E-state index in [9.17, 15) is 22.0 Å². The van der Waals surface area contributed by atoms with Gasteiger partial charge < -0.3 is 9.84 Å². The molecule has 0 aromatic heterocycles. The largest absolute Gasteiger partial charge is 0.481 e. The summed E-state index contributed by atoms with van der Waals surface area (Å²) in [4.78, 5) is 10.6. The Morgan fingerprint density at radius 2 is 2.05 bits per heavy atom. The van der Waals surface area contributed by atoms with Crippen molar-refractivity contribution >= 4 is 16.0 Å². The normalized spacial score (nSPS) is 20.0. The third kappa shape index (κ3) is 3.53. The Morgan fingerprint density at radius 1 is 1.36 bits per heavy atom. The van der Waals surface area contributed by atoms with Crippen molar-refractivity contribution in [2.75, 3.05) is 13.1 Å². The summed E-state index contributed by atoms with van der Waals surface area (Å²) in [6, 6.07) is 5.08. The number of piperidine rings is 1. The summed E-state index contributed by atoms with van der Waals surface area (Å²) < 4.78 is 55.2. The van der Waals surface area contributed by atoms with Gasteiger partial charge in [-0.2, -0.15) is 13.1 Å². The van der Waals surface area contributed by atoms with Gasteiger partial charge in [0.15, 0.2) is 0 Å². The fourth-order valence-electron chi connectivity index (χ4n) is 2.36. The quantitative estimate of drug-likeness (QED) is 0.887. The Balaban J connectivity index is 2.32. The van der Waals surface area contributed by atoms with Crippen molar-refractivity contribution in [3.63, 3.8) is 0 Å². The summed E-state index contributed by atoms with van der Waals surface area (Å²) in [5.74, 6) is -2.32. The van der Waals surface area contributed by atoms with E-state index in [1.807, 2.05) is 0 Å². The lowest BCUT2D eigenvalue weighted by Gasteiger charge is -2.30. The highest BCUT2D eigenvalue weighted by Crippen LogP contribution is 2.30. The number of sulfonamides is 1. The molecule has 1 N–H and O–H groups in total. The van der Waals surface area contributed by atoms with Gasteiger partial charge >= 0.3 is 12.6 Å². The summed E-state index contributed by atoms with van der Waals surface area (Å²) in [7, 11) is -4.09. The van der Waals surface area contributed by atoms with Crippen LogP contribution in [0, 0.1) is 5.92 Å². The minimum absolute atomic E-state index is 0.148. The first-order valence-corrected chi connectivity index (χ1v) is 8.03. The van der Waals surface area contributed by atoms with E-state index < -0.39 is 34.3 Å². The van der Waals surface area contributed by atoms with Gasteiger partial charge in [-0.25, -0.2) is 8.42 Å². The van der Waals surface area contributed by atoms with Gasteiger partial charge in [-0.3, -0.25) is 4.79 Å². The van der Waals surface area contributed by atoms with Crippen LogP contribution in [0.25, 0.3) is 0 Å². The maximum atomic E-state index is 12.6. The minimum atomic E-state index is -4.09. The topological polar surface area (TPSA) is 83.9 Å². The summed E-state index contributed by atoms with van der Waals surface area (Å²) in [5, 5.41) is 9.02. The molecular weight excluding hydrogens is 320 g/mol. The highest BCUT2D eigenvalue weighted by Gasteiger charge is 2.34. The number of alkyl halides is 2. The zero-order chi connectivity index (χ0) is 16.3. The monoisotopic (exact) mass is 335 g/mol. The lowest BCUT2D eigenvalue weighted by molar-refractivity contribution is -0.142. The van der Waals surface area contributed by atoms with Gasteiger partial charge in [0.2, 0.25) is 10.0 Å². The van der Waals surface area contributed by atoms with Gasteiger partial charge in [-0.15, -0.1) is 0 Å². The number of rotatable bonds is 5. The molecule has 0 spiro atoms. The van der Waals surface area contributed by atoms with Crippen LogP contribution in [-0.4, -0.2) is 43.5 Å². The number of aliphatic carboxylic acids is 1. The van der Waals surface area contributed by atoms with Crippen molar-refractivity contribution in [2.24, 2.45) is 5.92 Å². The van der Waals surface area contributed by atoms with Crippen LogP contribution in [0.15, 0.2) is 29.2 Å². The molecule has 1 aliphatic heterocycles. The number of carboxylic acids is 1. The highest BCUT2D eigenvalue weighted by atomic mass is 32.2. The molecule has 122 valence electrons. The first-order valence-electron chi connectivity index (χ1n) is 6.59. The van der Waals surface area contributed by atoms with E-state index in [1.165, 1.54) is 12.1 Å². The maximum Gasteiger partial charge on any atom is 0.387 e. The Morgan fingerprint density at radius 3 is 2.68 bits per heavy atom. The van der Waals surface area contributed by atoms with E-state index >= 15 is 0 Å². The summed E-state index contributed by atoms with van der Waals surface area (Å²) in [6.45, 7) is -3.18. The standard InChI is InChI=1S/C13H15F2NO5S/c14-13(15)21-10-5-1-2-6-11(10)22(19,20)16-7-3-4-9(8-16)12(17)18/h1-2,5-6,9,13H,3-4,7-8H2,(H,17,18). The lowest BCUT2D eigenvalue weighted by Crippen LogP contribution is -2.42. The molecule has 6 nitrogen and oxygen atoms in total. The van der Waals surface area contributed by atoms with Gasteiger partial charge in [0.05, 0.1) is 5.92 Å². The molecule has 1 unspecified atom stereocenters. The molecule has 1 aromatic carbocycles. The number of halogens is 2. The predicted molar refractivity (Wildman–Crippen MR) is 72.2 cm³/mol. The van der Waals surface area contributed by atoms with Crippen LogP contribution in [-0.2, 0) is 14.8 Å². The molecule has 1 saturated heterocycles. The van der Waals surface area contributed by atoms with Crippen LogP contribution >= 0.6 is 0 Å². The maximum absolute atomic E-state index is 12.6. The van der Waals surface area contributed by atoms with E-state index in [1.54, 1.807) is 0 Å². The minimum Gasteiger partial charge on any atom is -0.481 e. The smallest absolute Gasteiger partial charge is 0.387 e. The number of carbonyl (C=O) groups is 1. The second-order valence-electron chi connectivity index (χ2n) is 4.87. The van der Waals surface area contributed by atoms with Gasteiger partial charge in [0.25, 0.3) is 0 Å². The number of ether oxygens (including phenoxy) is 1. The van der Waals surface area contributed by atoms with Crippen molar-refractivity contribution in [1.82, 2.24) is 4.31 Å². The fourth-order valence-corrected chi connectivity index (χ4v) is 4.00. The number of para-hydroxylation sites is 1. The second-order valence-corrected chi connectivity index (χ2v) is 6.77. The fraction of sp³-hybridized carbons (Fsp3) is 0.462. The molecule has 0 saturated carbocycles. The van der Waals surface area contributed by atoms with Crippen molar-refractivity contribution in [3.05, 3.63) is 24.3 Å². The van der Waals surface area contributed by atoms with Crippen molar-refractivity contribution < 1.29 is 31.8 Å². The first kappa shape index (κ1) is 16.6. The third-order valence-corrected chi connectivity index (χ3v) is 5.32. The number of hydrogen-bond donors (Lipinski definition) is 1. The van der Waals surface area contributed by atoms with Crippen molar-refractivity contribution in [3.8, 4) is 5.75 Å². The molecule has 1 aliphatic rings. The van der Waals surface area contributed by atoms with E-state index in [0.29, 0.717) is 12.8 Å². The molecule has 22 heavy (non-hydrogen) atoms. The summed E-state index contributed by atoms with van der Waals surface area (Å²) in [6.07, 6.45) is 0.782. The van der Waals surface area contributed by atoms with E-state index in [4.69, 9.17) is 5.11 Å². The molecule has 1 atom stereocenters. The van der Waals surface area contributed by atoms with E-state index in [2.05, 4.69) is 4.74 Å². The second kappa shape index (κ2) is 6.57. The van der Waals surface area contributed by atoms with Crippen LogP contribution in [0.3, 0.4) is 0 Å². The molecule has 2 rings (SSSR count). The zero-order valence-electron chi connectivity index (χ0n) is 11.5. The highest BCUT2D eigenvalue weighted by molar-refractivity contribution is 7.89. The molecule has 0 amide bonds. The Bertz CT molecular complexity index is 650. The number of benzene rings is 1. The van der Waals surface area contributed by atoms with Gasteiger partial charge in [0.1, 0.15) is 10.6 Å². The van der Waals surface area contributed by atoms with Crippen LogP contribution in [0.1, 0.15) is 12.8 Å². The van der Waals surface area contributed by atoms with Crippen LogP contribution in [0.5, 0.6) is 5.75 Å². The molecule has 1 heterocycles. The first-order chi connectivity index (χ1) is 10.3. The Kier molecular flexibility index (Phi) is 4.97. The molecule has 1 fully saturated rings. The van der Waals surface area contributed by atoms with Gasteiger partial charge in [-0.1, -0.05) is 12.1 Å². The Labute approximate surface area is 126 Å². The molecule has 9 heteroatoms. The summed E-state index contributed by atoms with van der Waals surface area (Å²) >= 11 is 0. The zero-order valence-corrected chi connectivity index (χ0v) is 12.3. The molecule has 0 bridgehead atoms. The average Bonchev–Trinajstić information content (AvgIpc) is 2.47. The third-order valence-electron chi connectivity index (χ3n) is 3.42. The average molecular weight is 335 g/mol.